The van der Waals surface area contributed by atoms with Gasteiger partial charge in [-0.15, -0.1) is 0 Å². The fraction of sp³-hybridized carbons (Fsp3) is 1.00. The minimum Gasteiger partial charge on any atom is -0.377 e. The van der Waals surface area contributed by atoms with Crippen molar-refractivity contribution < 1.29 is 4.74 Å². The molecule has 2 saturated heterocycles. The predicted molar refractivity (Wildman–Crippen MR) is 48.3 cm³/mol. The highest BCUT2D eigenvalue weighted by Gasteiger charge is 2.19. The molecular formula is C9H18N2O. The quantitative estimate of drug-likeness (QED) is 0.635. The van der Waals surface area contributed by atoms with Crippen molar-refractivity contribution in [3.8, 4) is 0 Å². The molecule has 0 aromatic heterocycles. The van der Waals surface area contributed by atoms with Gasteiger partial charge in [-0.1, -0.05) is 0 Å². The Morgan fingerprint density at radius 3 is 2.83 bits per heavy atom. The largest absolute Gasteiger partial charge is 0.377 e. The third-order valence-corrected chi connectivity index (χ3v) is 2.70. The maximum atomic E-state index is 5.59. The molecule has 3 heteroatoms. The van der Waals surface area contributed by atoms with Crippen molar-refractivity contribution in [2.75, 3.05) is 39.3 Å². The molecule has 0 bridgehead atoms. The molecule has 2 rings (SSSR count). The Balaban J connectivity index is 1.69. The van der Waals surface area contributed by atoms with E-state index in [2.05, 4.69) is 10.2 Å². The van der Waals surface area contributed by atoms with Crippen molar-refractivity contribution in [3.63, 3.8) is 0 Å². The lowest BCUT2D eigenvalue weighted by Gasteiger charge is -2.29. The summed E-state index contributed by atoms with van der Waals surface area (Å²) in [6.45, 7) is 6.82. The number of rotatable bonds is 2. The smallest absolute Gasteiger partial charge is 0.0702 e. The molecule has 0 saturated carbocycles. The van der Waals surface area contributed by atoms with Crippen LogP contribution in [0, 0.1) is 0 Å². The minimum atomic E-state index is 0.531. The Bertz CT molecular complexity index is 128. The Morgan fingerprint density at radius 1 is 1.33 bits per heavy atom. The second-order valence-corrected chi connectivity index (χ2v) is 3.69. The highest BCUT2D eigenvalue weighted by atomic mass is 16.5. The molecule has 0 aliphatic carbocycles. The van der Waals surface area contributed by atoms with Crippen LogP contribution in [0.15, 0.2) is 0 Å². The second kappa shape index (κ2) is 4.21. The lowest BCUT2D eigenvalue weighted by molar-refractivity contribution is 0.0691. The number of hydrogen-bond acceptors (Lipinski definition) is 3. The minimum absolute atomic E-state index is 0.531. The van der Waals surface area contributed by atoms with Crippen molar-refractivity contribution in [1.29, 1.82) is 0 Å². The van der Waals surface area contributed by atoms with Gasteiger partial charge in [0.05, 0.1) is 6.10 Å². The molecule has 2 aliphatic rings. The normalized spacial score (nSPS) is 32.5. The standard InChI is InChI=1S/C9H18N2O/c1-2-9(12-7-1)8-11-5-3-10-4-6-11/h9-10H,1-8H2/t9-/m0/s1. The number of hydrogen-bond donors (Lipinski definition) is 1. The van der Waals surface area contributed by atoms with Gasteiger partial charge in [0.2, 0.25) is 0 Å². The first-order valence-electron chi connectivity index (χ1n) is 5.00. The van der Waals surface area contributed by atoms with E-state index < -0.39 is 0 Å². The van der Waals surface area contributed by atoms with Crippen LogP contribution in [-0.4, -0.2) is 50.3 Å². The van der Waals surface area contributed by atoms with Crippen LogP contribution in [0.2, 0.25) is 0 Å². The SMILES string of the molecule is C1CO[C@H](CN2CCNCC2)C1. The van der Waals surface area contributed by atoms with Gasteiger partial charge >= 0.3 is 0 Å². The molecule has 1 N–H and O–H groups in total. The summed E-state index contributed by atoms with van der Waals surface area (Å²) in [5.41, 5.74) is 0. The molecule has 2 aliphatic heterocycles. The van der Waals surface area contributed by atoms with Gasteiger partial charge in [-0.25, -0.2) is 0 Å². The molecule has 12 heavy (non-hydrogen) atoms. The van der Waals surface area contributed by atoms with E-state index in [1.54, 1.807) is 0 Å². The van der Waals surface area contributed by atoms with Crippen LogP contribution in [0.3, 0.4) is 0 Å². The molecule has 3 nitrogen and oxygen atoms in total. The number of piperazine rings is 1. The van der Waals surface area contributed by atoms with Crippen molar-refractivity contribution in [1.82, 2.24) is 10.2 Å². The van der Waals surface area contributed by atoms with Crippen molar-refractivity contribution in [2.45, 2.75) is 18.9 Å². The average molecular weight is 170 g/mol. The second-order valence-electron chi connectivity index (χ2n) is 3.69. The highest BCUT2D eigenvalue weighted by Crippen LogP contribution is 2.13. The zero-order valence-electron chi connectivity index (χ0n) is 7.59. The summed E-state index contributed by atoms with van der Waals surface area (Å²) in [4.78, 5) is 2.51. The molecule has 0 aromatic carbocycles. The molecule has 0 unspecified atom stereocenters. The van der Waals surface area contributed by atoms with Crippen molar-refractivity contribution in [2.24, 2.45) is 0 Å². The van der Waals surface area contributed by atoms with E-state index in [1.165, 1.54) is 25.9 Å². The fourth-order valence-corrected chi connectivity index (χ4v) is 1.97. The first-order chi connectivity index (χ1) is 5.95. The summed E-state index contributed by atoms with van der Waals surface area (Å²) in [6, 6.07) is 0. The number of nitrogens with one attached hydrogen (secondary N) is 1. The van der Waals surface area contributed by atoms with Gasteiger partial charge in [0, 0.05) is 39.3 Å². The third-order valence-electron chi connectivity index (χ3n) is 2.70. The lowest BCUT2D eigenvalue weighted by Crippen LogP contribution is -2.46. The zero-order chi connectivity index (χ0) is 8.23. The van der Waals surface area contributed by atoms with Gasteiger partial charge in [-0.2, -0.15) is 0 Å². The third kappa shape index (κ3) is 2.19. The van der Waals surface area contributed by atoms with E-state index in [0.29, 0.717) is 6.10 Å². The molecule has 2 heterocycles. The first-order valence-corrected chi connectivity index (χ1v) is 5.00. The van der Waals surface area contributed by atoms with E-state index >= 15 is 0 Å². The maximum Gasteiger partial charge on any atom is 0.0702 e. The number of nitrogens with zero attached hydrogens (tertiary/aromatic N) is 1. The summed E-state index contributed by atoms with van der Waals surface area (Å²) in [7, 11) is 0. The van der Waals surface area contributed by atoms with Crippen LogP contribution in [0.5, 0.6) is 0 Å². The van der Waals surface area contributed by atoms with Gasteiger partial charge in [0.25, 0.3) is 0 Å². The molecule has 1 atom stereocenters. The highest BCUT2D eigenvalue weighted by molar-refractivity contribution is 4.74. The fourth-order valence-electron chi connectivity index (χ4n) is 1.97. The molecule has 2 fully saturated rings. The summed E-state index contributed by atoms with van der Waals surface area (Å²) in [6.07, 6.45) is 3.06. The van der Waals surface area contributed by atoms with Gasteiger partial charge < -0.3 is 10.1 Å². The van der Waals surface area contributed by atoms with Crippen LogP contribution in [0.4, 0.5) is 0 Å². The summed E-state index contributed by atoms with van der Waals surface area (Å²) < 4.78 is 5.59. The Labute approximate surface area is 74.1 Å². The predicted octanol–water partition coefficient (Wildman–Crippen LogP) is 0.0706. The lowest BCUT2D eigenvalue weighted by atomic mass is 10.2. The van der Waals surface area contributed by atoms with Crippen LogP contribution in [0.25, 0.3) is 0 Å². The molecule has 0 spiro atoms. The van der Waals surface area contributed by atoms with E-state index in [1.807, 2.05) is 0 Å². The summed E-state index contributed by atoms with van der Waals surface area (Å²) in [5, 5.41) is 3.36. The molecule has 0 amide bonds. The average Bonchev–Trinajstić information content (AvgIpc) is 2.59. The monoisotopic (exact) mass is 170 g/mol. The summed E-state index contributed by atoms with van der Waals surface area (Å²) >= 11 is 0. The van der Waals surface area contributed by atoms with Gasteiger partial charge in [-0.3, -0.25) is 4.90 Å². The van der Waals surface area contributed by atoms with E-state index in [-0.39, 0.29) is 0 Å². The van der Waals surface area contributed by atoms with Crippen LogP contribution >= 0.6 is 0 Å². The first kappa shape index (κ1) is 8.48. The van der Waals surface area contributed by atoms with Crippen molar-refractivity contribution >= 4 is 0 Å². The van der Waals surface area contributed by atoms with Crippen LogP contribution < -0.4 is 5.32 Å². The van der Waals surface area contributed by atoms with Gasteiger partial charge in [0.15, 0.2) is 0 Å². The van der Waals surface area contributed by atoms with Gasteiger partial charge in [0.1, 0.15) is 0 Å². The maximum absolute atomic E-state index is 5.59. The van der Waals surface area contributed by atoms with E-state index in [9.17, 15) is 0 Å². The number of ether oxygens (including phenoxy) is 1. The molecule has 70 valence electrons. The Hall–Kier alpha value is -0.120. The van der Waals surface area contributed by atoms with Crippen LogP contribution in [0.1, 0.15) is 12.8 Å². The molecular weight excluding hydrogens is 152 g/mol. The van der Waals surface area contributed by atoms with Gasteiger partial charge in [-0.05, 0) is 12.8 Å². The van der Waals surface area contributed by atoms with Crippen LogP contribution in [-0.2, 0) is 4.74 Å². The molecule has 0 aromatic rings. The Morgan fingerprint density at radius 2 is 2.17 bits per heavy atom. The van der Waals surface area contributed by atoms with Crippen molar-refractivity contribution in [3.05, 3.63) is 0 Å². The van der Waals surface area contributed by atoms with E-state index in [0.717, 1.165) is 26.2 Å². The topological polar surface area (TPSA) is 24.5 Å². The van der Waals surface area contributed by atoms with E-state index in [4.69, 9.17) is 4.74 Å². The zero-order valence-corrected chi connectivity index (χ0v) is 7.59. The Kier molecular flexibility index (Phi) is 2.98. The summed E-state index contributed by atoms with van der Waals surface area (Å²) in [5.74, 6) is 0. The molecule has 0 radical (unpaired) electrons.